The van der Waals surface area contributed by atoms with E-state index in [9.17, 15) is 19.5 Å². The summed E-state index contributed by atoms with van der Waals surface area (Å²) in [6, 6.07) is 7.07. The Hall–Kier alpha value is -0.394. The zero-order valence-corrected chi connectivity index (χ0v) is 18.0. The number of carbonyl (C=O) groups is 3. The minimum Gasteiger partial charge on any atom is -1.00 e. The third kappa shape index (κ3) is 3.98. The number of β-lactam (4-membered cyclic amide) rings is 1. The van der Waals surface area contributed by atoms with Crippen LogP contribution in [0.1, 0.15) is 13.0 Å². The van der Waals surface area contributed by atoms with Gasteiger partial charge in [0.15, 0.2) is 0 Å². The quantitative estimate of drug-likeness (QED) is 0.383. The number of nitrogens with zero attached hydrogens (tertiary/aromatic N) is 1. The van der Waals surface area contributed by atoms with Gasteiger partial charge in [-0.05, 0) is 5.56 Å². The van der Waals surface area contributed by atoms with Crippen molar-refractivity contribution in [3.05, 3.63) is 46.6 Å². The minimum atomic E-state index is -1.26. The van der Waals surface area contributed by atoms with E-state index in [1.165, 1.54) is 11.8 Å². The Morgan fingerprint density at radius 2 is 2.04 bits per heavy atom. The van der Waals surface area contributed by atoms with Crippen LogP contribution in [0.5, 0.6) is 0 Å². The first-order valence-electron chi connectivity index (χ1n) is 7.09. The van der Waals surface area contributed by atoms with Crippen molar-refractivity contribution < 1.29 is 72.3 Å². The third-order valence-corrected chi connectivity index (χ3v) is 5.61. The molecule has 10 heteroatoms. The molecule has 3 atom stereocenters. The van der Waals surface area contributed by atoms with Crippen LogP contribution >= 0.6 is 23.4 Å². The Morgan fingerprint density at radius 3 is 2.64 bits per heavy atom. The zero-order chi connectivity index (χ0) is 17.4. The Balaban J connectivity index is 0.00000169. The molecule has 0 saturated carbocycles. The first-order chi connectivity index (χ1) is 11.4. The van der Waals surface area contributed by atoms with Crippen LogP contribution in [-0.2, 0) is 14.4 Å². The van der Waals surface area contributed by atoms with E-state index in [4.69, 9.17) is 17.3 Å². The molecule has 1 aromatic carbocycles. The number of hydrogen-bond acceptors (Lipinski definition) is 5. The molecule has 0 bridgehead atoms. The van der Waals surface area contributed by atoms with Crippen LogP contribution in [0.15, 0.2) is 41.1 Å². The van der Waals surface area contributed by atoms with Crippen molar-refractivity contribution in [1.29, 1.82) is 0 Å². The fourth-order valence-corrected chi connectivity index (χ4v) is 4.19. The molecule has 2 aliphatic heterocycles. The maximum atomic E-state index is 12.3. The van der Waals surface area contributed by atoms with Gasteiger partial charge in [0.05, 0.1) is 5.03 Å². The molecule has 3 rings (SSSR count). The van der Waals surface area contributed by atoms with Crippen LogP contribution in [-0.4, -0.2) is 45.0 Å². The molecule has 4 N–H and O–H groups in total. The number of aliphatic carboxylic acids is 1. The molecule has 128 valence electrons. The van der Waals surface area contributed by atoms with Crippen LogP contribution in [0.4, 0.5) is 0 Å². The molecule has 25 heavy (non-hydrogen) atoms. The van der Waals surface area contributed by atoms with Crippen LogP contribution in [0, 0.1) is 0 Å². The zero-order valence-electron chi connectivity index (χ0n) is 14.3. The predicted octanol–water partition coefficient (Wildman–Crippen LogP) is -2.26. The number of carboxylic acid groups (broad SMARTS) is 1. The maximum absolute atomic E-state index is 12.3. The molecule has 0 radical (unpaired) electrons. The van der Waals surface area contributed by atoms with Crippen LogP contribution in [0.25, 0.3) is 0 Å². The summed E-state index contributed by atoms with van der Waals surface area (Å²) in [6.07, 6.45) is 0. The summed E-state index contributed by atoms with van der Waals surface area (Å²) in [5.74, 6) is -1.98. The van der Waals surface area contributed by atoms with Gasteiger partial charge in [-0.25, -0.2) is 4.79 Å². The normalized spacial score (nSPS) is 23.1. The molecule has 1 aromatic rings. The number of hydrogen-bond donors (Lipinski definition) is 3. The van der Waals surface area contributed by atoms with Crippen LogP contribution in [0.3, 0.4) is 0 Å². The number of amides is 2. The van der Waals surface area contributed by atoms with Gasteiger partial charge in [-0.3, -0.25) is 14.5 Å². The maximum Gasteiger partial charge on any atom is 1.00 e. The first-order valence-corrected chi connectivity index (χ1v) is 8.52. The summed E-state index contributed by atoms with van der Waals surface area (Å²) in [4.78, 5) is 36.9. The molecule has 0 aliphatic carbocycles. The van der Waals surface area contributed by atoms with Gasteiger partial charge in [0.1, 0.15) is 23.2 Å². The number of carbonyl (C=O) groups excluding carboxylic acids is 2. The molecule has 0 spiro atoms. The van der Waals surface area contributed by atoms with Gasteiger partial charge in [-0.1, -0.05) is 41.9 Å². The van der Waals surface area contributed by atoms with Gasteiger partial charge in [0, 0.05) is 5.75 Å². The molecule has 2 aliphatic rings. The van der Waals surface area contributed by atoms with E-state index in [1.807, 2.05) is 6.07 Å². The predicted molar refractivity (Wildman–Crippen MR) is 90.0 cm³/mol. The van der Waals surface area contributed by atoms with Crippen LogP contribution in [0.2, 0.25) is 0 Å². The second-order valence-corrected chi connectivity index (χ2v) is 6.90. The Bertz CT molecular complexity index is 752. The van der Waals surface area contributed by atoms with Gasteiger partial charge < -0.3 is 17.6 Å². The summed E-state index contributed by atoms with van der Waals surface area (Å²) >= 11 is 7.20. The average Bonchev–Trinajstić information content (AvgIpc) is 2.59. The van der Waals surface area contributed by atoms with E-state index in [-0.39, 0.29) is 69.3 Å². The van der Waals surface area contributed by atoms with E-state index in [0.29, 0.717) is 5.56 Å². The van der Waals surface area contributed by atoms with Crippen molar-refractivity contribution in [2.75, 3.05) is 5.75 Å². The van der Waals surface area contributed by atoms with Crippen LogP contribution < -0.4 is 62.4 Å². The number of nitrogens with two attached hydrogens (primary N) is 1. The Morgan fingerprint density at radius 1 is 1.40 bits per heavy atom. The van der Waals surface area contributed by atoms with E-state index >= 15 is 0 Å². The molecule has 1 saturated heterocycles. The standard InChI is InChI=1S/C15H14ClN3O4S.K.H/c16-8-6-24-14-10(13(21)19(14)11(8)15(22)23)18-12(20)9(17)7-4-2-1-3-5-7;;/h1-5,9-10,14H,6,17H2,(H,18,20)(H,22,23);;/q;+1;-1/t9?,10-,14-;;/m1../s1. The summed E-state index contributed by atoms with van der Waals surface area (Å²) in [6.45, 7) is 0. The molecule has 0 aromatic heterocycles. The smallest absolute Gasteiger partial charge is 1.00 e. The van der Waals surface area contributed by atoms with Gasteiger partial charge in [0.2, 0.25) is 5.91 Å². The van der Waals surface area contributed by atoms with Gasteiger partial charge in [-0.15, -0.1) is 11.8 Å². The van der Waals surface area contributed by atoms with Crippen molar-refractivity contribution in [2.45, 2.75) is 17.5 Å². The Labute approximate surface area is 197 Å². The average molecular weight is 408 g/mol. The molecule has 1 unspecified atom stereocenters. The first kappa shape index (κ1) is 20.9. The minimum absolute atomic E-state index is 0. The monoisotopic (exact) mass is 407 g/mol. The second-order valence-electron chi connectivity index (χ2n) is 5.34. The van der Waals surface area contributed by atoms with E-state index in [0.717, 1.165) is 4.90 Å². The van der Waals surface area contributed by atoms with Crippen molar-refractivity contribution in [2.24, 2.45) is 5.73 Å². The third-order valence-electron chi connectivity index (χ3n) is 3.86. The van der Waals surface area contributed by atoms with Gasteiger partial charge in [0.25, 0.3) is 5.91 Å². The summed E-state index contributed by atoms with van der Waals surface area (Å²) < 4.78 is 0. The number of thioether (sulfide) groups is 1. The van der Waals surface area contributed by atoms with E-state index < -0.39 is 35.2 Å². The van der Waals surface area contributed by atoms with E-state index in [2.05, 4.69) is 5.32 Å². The second kappa shape index (κ2) is 8.53. The summed E-state index contributed by atoms with van der Waals surface area (Å²) in [5.41, 5.74) is 6.32. The van der Waals surface area contributed by atoms with Crippen molar-refractivity contribution in [1.82, 2.24) is 10.2 Å². The largest absolute Gasteiger partial charge is 1.00 e. The molecular formula is C15H15ClKN3O4S. The number of fused-ring (bicyclic) bond motifs is 1. The van der Waals surface area contributed by atoms with Gasteiger partial charge >= 0.3 is 57.4 Å². The number of benzene rings is 1. The van der Waals surface area contributed by atoms with Gasteiger partial charge in [-0.2, -0.15) is 0 Å². The Kier molecular flexibility index (Phi) is 7.14. The molecular weight excluding hydrogens is 393 g/mol. The van der Waals surface area contributed by atoms with Crippen molar-refractivity contribution >= 4 is 41.1 Å². The topological polar surface area (TPSA) is 113 Å². The SMILES string of the molecule is NC(C(=O)N[C@@H]1C(=O)N2C(C(=O)O)=C(Cl)CS[C@H]12)c1ccccc1.[H-].[K+]. The van der Waals surface area contributed by atoms with Crippen molar-refractivity contribution in [3.63, 3.8) is 0 Å². The van der Waals surface area contributed by atoms with Crippen molar-refractivity contribution in [3.8, 4) is 0 Å². The molecule has 1 fully saturated rings. The summed E-state index contributed by atoms with van der Waals surface area (Å²) in [7, 11) is 0. The summed E-state index contributed by atoms with van der Waals surface area (Å²) in [5, 5.41) is 11.4. The number of halogens is 1. The number of carboxylic acids is 1. The fourth-order valence-electron chi connectivity index (χ4n) is 2.64. The van der Waals surface area contributed by atoms with E-state index in [1.54, 1.807) is 24.3 Å². The number of rotatable bonds is 4. The number of nitrogens with one attached hydrogen (secondary N) is 1. The molecule has 2 amide bonds. The fraction of sp³-hybridized carbons (Fsp3) is 0.267. The molecule has 7 nitrogen and oxygen atoms in total. The molecule has 2 heterocycles.